The average molecular weight is 491 g/mol. The summed E-state index contributed by atoms with van der Waals surface area (Å²) >= 11 is 0. The summed E-state index contributed by atoms with van der Waals surface area (Å²) in [6.45, 7) is 14.8. The Morgan fingerprint density at radius 3 is 2.06 bits per heavy atom. The van der Waals surface area contributed by atoms with Crippen molar-refractivity contribution < 1.29 is 23.9 Å². The second-order valence-electron chi connectivity index (χ2n) is 10.8. The van der Waals surface area contributed by atoms with Crippen LogP contribution in [0.25, 0.3) is 0 Å². The molecule has 0 saturated carbocycles. The molecule has 0 aliphatic carbocycles. The van der Waals surface area contributed by atoms with E-state index in [0.29, 0.717) is 12.0 Å². The topological polar surface area (TPSA) is 131 Å². The quantitative estimate of drug-likeness (QED) is 0.463. The molecule has 1 aromatic carbocycles. The fourth-order valence-corrected chi connectivity index (χ4v) is 3.41. The van der Waals surface area contributed by atoms with Gasteiger partial charge in [-0.05, 0) is 60.5 Å². The zero-order chi connectivity index (χ0) is 27.0. The van der Waals surface area contributed by atoms with Gasteiger partial charge in [0, 0.05) is 12.1 Å². The van der Waals surface area contributed by atoms with Crippen molar-refractivity contribution >= 4 is 23.8 Å². The van der Waals surface area contributed by atoms with Crippen molar-refractivity contribution in [1.82, 2.24) is 15.5 Å². The largest absolute Gasteiger partial charge is 0.444 e. The number of nitrogens with one attached hydrogen (secondary N) is 2. The Morgan fingerprint density at radius 1 is 1.03 bits per heavy atom. The number of rotatable bonds is 10. The number of ether oxygens (including phenoxy) is 1. The monoisotopic (exact) mass is 490 g/mol. The van der Waals surface area contributed by atoms with Crippen LogP contribution >= 0.6 is 0 Å². The highest BCUT2D eigenvalue weighted by Gasteiger charge is 2.37. The molecule has 196 valence electrons. The molecule has 4 N–H and O–H groups in total. The lowest BCUT2D eigenvalue weighted by Crippen LogP contribution is -2.55. The van der Waals surface area contributed by atoms with E-state index in [4.69, 9.17) is 10.5 Å². The van der Waals surface area contributed by atoms with Crippen molar-refractivity contribution in [1.29, 1.82) is 0 Å². The van der Waals surface area contributed by atoms with E-state index in [2.05, 4.69) is 10.6 Å². The first kappa shape index (κ1) is 29.9. The fourth-order valence-electron chi connectivity index (χ4n) is 3.41. The van der Waals surface area contributed by atoms with Crippen LogP contribution in [0, 0.1) is 6.92 Å². The van der Waals surface area contributed by atoms with Gasteiger partial charge in [-0.2, -0.15) is 0 Å². The van der Waals surface area contributed by atoms with Crippen LogP contribution in [0.15, 0.2) is 24.3 Å². The molecule has 1 aromatic rings. The van der Waals surface area contributed by atoms with Crippen LogP contribution in [-0.2, 0) is 19.1 Å². The van der Waals surface area contributed by atoms with Gasteiger partial charge in [-0.25, -0.2) is 4.79 Å². The van der Waals surface area contributed by atoms with E-state index in [9.17, 15) is 19.2 Å². The minimum Gasteiger partial charge on any atom is -0.444 e. The van der Waals surface area contributed by atoms with Gasteiger partial charge in [0.2, 0.25) is 17.7 Å². The van der Waals surface area contributed by atoms with E-state index in [0.717, 1.165) is 12.0 Å². The van der Waals surface area contributed by atoms with Crippen molar-refractivity contribution in [3.05, 3.63) is 35.4 Å². The van der Waals surface area contributed by atoms with Crippen molar-refractivity contribution in [2.75, 3.05) is 6.54 Å². The molecule has 0 saturated heterocycles. The van der Waals surface area contributed by atoms with Gasteiger partial charge in [0.15, 0.2) is 0 Å². The summed E-state index contributed by atoms with van der Waals surface area (Å²) in [5, 5.41) is 5.44. The molecule has 1 rings (SSSR count). The molecule has 0 bridgehead atoms. The van der Waals surface area contributed by atoms with Crippen molar-refractivity contribution in [3.63, 3.8) is 0 Å². The van der Waals surface area contributed by atoms with E-state index in [1.165, 1.54) is 4.90 Å². The Bertz CT molecular complexity index is 884. The molecule has 4 amide bonds. The molecule has 0 heterocycles. The maximum absolute atomic E-state index is 13.8. The van der Waals surface area contributed by atoms with Crippen molar-refractivity contribution in [2.24, 2.45) is 5.73 Å². The van der Waals surface area contributed by atoms with Gasteiger partial charge in [-0.3, -0.25) is 14.4 Å². The number of aryl methyl sites for hydroxylation is 1. The first-order valence-corrected chi connectivity index (χ1v) is 12.0. The van der Waals surface area contributed by atoms with E-state index in [-0.39, 0.29) is 12.5 Å². The van der Waals surface area contributed by atoms with Crippen LogP contribution in [0.1, 0.15) is 84.9 Å². The lowest BCUT2D eigenvalue weighted by Gasteiger charge is -2.36. The molecule has 2 atom stereocenters. The Kier molecular flexibility index (Phi) is 10.7. The van der Waals surface area contributed by atoms with Gasteiger partial charge < -0.3 is 26.0 Å². The predicted octanol–water partition coefficient (Wildman–Crippen LogP) is 3.35. The molecule has 0 aliphatic heterocycles. The average Bonchev–Trinajstić information content (AvgIpc) is 2.68. The van der Waals surface area contributed by atoms with Crippen LogP contribution in [0.2, 0.25) is 0 Å². The lowest BCUT2D eigenvalue weighted by molar-refractivity contribution is -0.144. The number of nitrogens with zero attached hydrogens (tertiary/aromatic N) is 1. The number of primary amides is 1. The van der Waals surface area contributed by atoms with Gasteiger partial charge in [0.25, 0.3) is 0 Å². The van der Waals surface area contributed by atoms with Crippen molar-refractivity contribution in [2.45, 2.75) is 97.9 Å². The van der Waals surface area contributed by atoms with E-state index in [1.54, 1.807) is 32.9 Å². The zero-order valence-corrected chi connectivity index (χ0v) is 22.4. The van der Waals surface area contributed by atoms with Crippen LogP contribution in [0.3, 0.4) is 0 Å². The molecule has 0 spiro atoms. The molecule has 0 fully saturated rings. The first-order chi connectivity index (χ1) is 16.0. The van der Waals surface area contributed by atoms with Gasteiger partial charge >= 0.3 is 6.09 Å². The maximum atomic E-state index is 13.8. The number of alkyl carbamates (subject to hydrolysis) is 1. The number of hydrogen-bond donors (Lipinski definition) is 3. The van der Waals surface area contributed by atoms with Crippen LogP contribution in [-0.4, -0.2) is 52.4 Å². The standard InChI is InChI=1S/C26H42N4O5/c1-9-10-15-30(23(33)19(16-20(27)31)28-24(34)35-26(6,7)8)21(22(32)29-25(3,4)5)18-13-11-17(2)12-14-18/h11-14,19,21H,9-10,15-16H2,1-8H3,(H2,27,31)(H,28,34)(H,29,32). The second-order valence-corrected chi connectivity index (χ2v) is 10.8. The summed E-state index contributed by atoms with van der Waals surface area (Å²) in [6, 6.07) is 5.10. The number of carbonyl (C=O) groups excluding carboxylic acids is 4. The summed E-state index contributed by atoms with van der Waals surface area (Å²) < 4.78 is 5.28. The Hall–Kier alpha value is -3.10. The number of carbonyl (C=O) groups is 4. The molecule has 35 heavy (non-hydrogen) atoms. The highest BCUT2D eigenvalue weighted by atomic mass is 16.6. The summed E-state index contributed by atoms with van der Waals surface area (Å²) in [4.78, 5) is 53.0. The molecule has 2 unspecified atom stereocenters. The summed E-state index contributed by atoms with van der Waals surface area (Å²) in [7, 11) is 0. The molecule has 9 heteroatoms. The number of unbranched alkanes of at least 4 members (excludes halogenated alkanes) is 1. The number of hydrogen-bond acceptors (Lipinski definition) is 5. The predicted molar refractivity (Wildman–Crippen MR) is 135 cm³/mol. The Morgan fingerprint density at radius 2 is 1.60 bits per heavy atom. The normalized spacial score (nSPS) is 13.4. The lowest BCUT2D eigenvalue weighted by atomic mass is 9.99. The minimum absolute atomic E-state index is 0.247. The van der Waals surface area contributed by atoms with Gasteiger partial charge in [0.05, 0.1) is 6.42 Å². The van der Waals surface area contributed by atoms with Crippen LogP contribution in [0.4, 0.5) is 4.79 Å². The fraction of sp³-hybridized carbons (Fsp3) is 0.615. The van der Waals surface area contributed by atoms with E-state index in [1.807, 2.05) is 46.8 Å². The van der Waals surface area contributed by atoms with Crippen LogP contribution in [0.5, 0.6) is 0 Å². The van der Waals surface area contributed by atoms with E-state index < -0.39 is 47.6 Å². The smallest absolute Gasteiger partial charge is 0.408 e. The first-order valence-electron chi connectivity index (χ1n) is 12.0. The van der Waals surface area contributed by atoms with E-state index >= 15 is 0 Å². The third kappa shape index (κ3) is 10.8. The molecule has 0 radical (unpaired) electrons. The minimum atomic E-state index is -1.28. The van der Waals surface area contributed by atoms with Gasteiger partial charge in [-0.15, -0.1) is 0 Å². The summed E-state index contributed by atoms with van der Waals surface area (Å²) in [6.07, 6.45) is 0.110. The molecule has 0 aliphatic rings. The highest BCUT2D eigenvalue weighted by molar-refractivity contribution is 5.94. The van der Waals surface area contributed by atoms with Gasteiger partial charge in [-0.1, -0.05) is 43.2 Å². The zero-order valence-electron chi connectivity index (χ0n) is 22.4. The summed E-state index contributed by atoms with van der Waals surface area (Å²) in [5.41, 5.74) is 5.69. The SMILES string of the molecule is CCCCN(C(=O)C(CC(N)=O)NC(=O)OC(C)(C)C)C(C(=O)NC(C)(C)C)c1ccc(C)cc1. The summed E-state index contributed by atoms with van der Waals surface area (Å²) in [5.74, 6) is -1.71. The molecular formula is C26H42N4O5. The number of benzene rings is 1. The van der Waals surface area contributed by atoms with Crippen LogP contribution < -0.4 is 16.4 Å². The highest BCUT2D eigenvalue weighted by Crippen LogP contribution is 2.25. The van der Waals surface area contributed by atoms with Gasteiger partial charge in [0.1, 0.15) is 17.7 Å². The molecule has 9 nitrogen and oxygen atoms in total. The van der Waals surface area contributed by atoms with Crippen molar-refractivity contribution in [3.8, 4) is 0 Å². The maximum Gasteiger partial charge on any atom is 0.408 e. The number of nitrogens with two attached hydrogens (primary N) is 1. The third-order valence-electron chi connectivity index (χ3n) is 4.88. The Labute approximate surface area is 209 Å². The second kappa shape index (κ2) is 12.6. The molecular weight excluding hydrogens is 448 g/mol. The number of amides is 4. The third-order valence-corrected chi connectivity index (χ3v) is 4.88. The molecule has 0 aromatic heterocycles. The Balaban J connectivity index is 3.49.